The van der Waals surface area contributed by atoms with E-state index in [9.17, 15) is 9.90 Å². The van der Waals surface area contributed by atoms with Crippen LogP contribution in [-0.2, 0) is 13.1 Å². The summed E-state index contributed by atoms with van der Waals surface area (Å²) in [6.07, 6.45) is 1.43. The molecule has 6 nitrogen and oxygen atoms in total. The van der Waals surface area contributed by atoms with E-state index in [1.165, 1.54) is 12.0 Å². The molecule has 0 aliphatic carbocycles. The first kappa shape index (κ1) is 19.4. The second-order valence-corrected chi connectivity index (χ2v) is 8.59. The first-order valence-electron chi connectivity index (χ1n) is 9.85. The lowest BCUT2D eigenvalue weighted by molar-refractivity contribution is 0.240. The number of thioether (sulfide) groups is 1. The van der Waals surface area contributed by atoms with Crippen LogP contribution in [0, 0.1) is 0 Å². The third kappa shape index (κ3) is 4.54. The minimum Gasteiger partial charge on any atom is -0.507 e. The van der Waals surface area contributed by atoms with Crippen LogP contribution in [0.15, 0.2) is 45.8 Å². The third-order valence-corrected chi connectivity index (χ3v) is 6.46. The molecular formula is C21H27N3O3S. The summed E-state index contributed by atoms with van der Waals surface area (Å²) in [5.74, 6) is 2.24. The number of hydrogen-bond donors (Lipinski definition) is 1. The first-order chi connectivity index (χ1) is 13.7. The van der Waals surface area contributed by atoms with Crippen LogP contribution >= 0.6 is 11.8 Å². The molecule has 4 rings (SSSR count). The van der Waals surface area contributed by atoms with Gasteiger partial charge >= 0.3 is 5.63 Å². The van der Waals surface area contributed by atoms with Crippen molar-refractivity contribution >= 4 is 17.4 Å². The van der Waals surface area contributed by atoms with Crippen LogP contribution in [0.3, 0.4) is 0 Å². The highest BCUT2D eigenvalue weighted by Crippen LogP contribution is 2.24. The lowest BCUT2D eigenvalue weighted by Crippen LogP contribution is -2.46. The normalized spacial score (nSPS) is 19.1. The van der Waals surface area contributed by atoms with Gasteiger partial charge in [0, 0.05) is 75.1 Å². The van der Waals surface area contributed by atoms with Gasteiger partial charge in [0.05, 0.1) is 5.56 Å². The molecule has 1 N–H and O–H groups in total. The largest absolute Gasteiger partial charge is 0.507 e. The molecule has 0 bridgehead atoms. The van der Waals surface area contributed by atoms with Gasteiger partial charge in [-0.3, -0.25) is 9.80 Å². The standard InChI is InChI=1S/C21H27N3O3S/c25-20-17(16-27-21(26)19(20)15-23-10-12-28-13-11-23)14-22-6-8-24(9-7-22)18-4-2-1-3-5-18/h1-5,16,25H,6-15H2. The van der Waals surface area contributed by atoms with E-state index in [-0.39, 0.29) is 5.75 Å². The van der Waals surface area contributed by atoms with E-state index in [2.05, 4.69) is 39.0 Å². The summed E-state index contributed by atoms with van der Waals surface area (Å²) >= 11 is 1.93. The zero-order chi connectivity index (χ0) is 19.3. The minimum atomic E-state index is -0.423. The van der Waals surface area contributed by atoms with Crippen molar-refractivity contribution in [2.45, 2.75) is 13.1 Å². The zero-order valence-electron chi connectivity index (χ0n) is 16.0. The first-order valence-corrected chi connectivity index (χ1v) is 11.0. The molecule has 1 aromatic heterocycles. The number of benzene rings is 1. The van der Waals surface area contributed by atoms with Gasteiger partial charge in [-0.05, 0) is 12.1 Å². The summed E-state index contributed by atoms with van der Waals surface area (Å²) in [5.41, 5.74) is 1.92. The maximum absolute atomic E-state index is 12.2. The molecule has 28 heavy (non-hydrogen) atoms. The average molecular weight is 402 g/mol. The van der Waals surface area contributed by atoms with Crippen LogP contribution in [0.4, 0.5) is 5.69 Å². The summed E-state index contributed by atoms with van der Waals surface area (Å²) in [6, 6.07) is 10.4. The van der Waals surface area contributed by atoms with E-state index in [1.54, 1.807) is 0 Å². The number of piperazine rings is 1. The van der Waals surface area contributed by atoms with E-state index in [1.807, 2.05) is 17.8 Å². The van der Waals surface area contributed by atoms with Crippen molar-refractivity contribution in [3.8, 4) is 5.75 Å². The van der Waals surface area contributed by atoms with E-state index in [4.69, 9.17) is 4.42 Å². The molecule has 0 amide bonds. The topological polar surface area (TPSA) is 60.2 Å². The second-order valence-electron chi connectivity index (χ2n) is 7.36. The monoisotopic (exact) mass is 401 g/mol. The molecule has 7 heteroatoms. The number of anilines is 1. The van der Waals surface area contributed by atoms with Gasteiger partial charge in [-0.2, -0.15) is 11.8 Å². The Balaban J connectivity index is 1.40. The SMILES string of the molecule is O=c1occ(CN2CCN(c3ccccc3)CC2)c(O)c1CN1CCSCC1. The Morgan fingerprint density at radius 2 is 1.61 bits per heavy atom. The highest BCUT2D eigenvalue weighted by atomic mass is 32.2. The third-order valence-electron chi connectivity index (χ3n) is 5.52. The van der Waals surface area contributed by atoms with Crippen LogP contribution in [-0.4, -0.2) is 65.7 Å². The summed E-state index contributed by atoms with van der Waals surface area (Å²) in [4.78, 5) is 19.1. The highest BCUT2D eigenvalue weighted by Gasteiger charge is 2.22. The fourth-order valence-electron chi connectivity index (χ4n) is 3.82. The molecule has 1 aromatic carbocycles. The highest BCUT2D eigenvalue weighted by molar-refractivity contribution is 7.99. The molecule has 0 atom stereocenters. The Bertz CT molecular complexity index is 829. The summed E-state index contributed by atoms with van der Waals surface area (Å²) in [5, 5.41) is 10.7. The average Bonchev–Trinajstić information content (AvgIpc) is 2.75. The van der Waals surface area contributed by atoms with E-state index in [0.717, 1.165) is 50.8 Å². The van der Waals surface area contributed by atoms with Gasteiger partial charge in [0.1, 0.15) is 12.0 Å². The van der Waals surface area contributed by atoms with Crippen molar-refractivity contribution < 1.29 is 9.52 Å². The van der Waals surface area contributed by atoms with Crippen LogP contribution in [0.25, 0.3) is 0 Å². The molecule has 2 aliphatic rings. The molecule has 0 saturated carbocycles. The predicted octanol–water partition coefficient (Wildman–Crippen LogP) is 2.22. The molecule has 2 saturated heterocycles. The smallest absolute Gasteiger partial charge is 0.343 e. The van der Waals surface area contributed by atoms with Gasteiger partial charge < -0.3 is 14.4 Å². The molecule has 0 spiro atoms. The Morgan fingerprint density at radius 3 is 2.32 bits per heavy atom. The number of aromatic hydroxyl groups is 1. The molecule has 0 unspecified atom stereocenters. The predicted molar refractivity (Wildman–Crippen MR) is 113 cm³/mol. The van der Waals surface area contributed by atoms with Crippen LogP contribution in [0.2, 0.25) is 0 Å². The van der Waals surface area contributed by atoms with Gasteiger partial charge in [0.25, 0.3) is 0 Å². The molecule has 2 aromatic rings. The second kappa shape index (κ2) is 9.03. The van der Waals surface area contributed by atoms with Crippen LogP contribution in [0.1, 0.15) is 11.1 Å². The molecule has 150 valence electrons. The zero-order valence-corrected chi connectivity index (χ0v) is 16.9. The van der Waals surface area contributed by atoms with Gasteiger partial charge in [0.2, 0.25) is 0 Å². The molecule has 2 aliphatic heterocycles. The van der Waals surface area contributed by atoms with Crippen molar-refractivity contribution in [1.29, 1.82) is 0 Å². The molecule has 0 radical (unpaired) electrons. The minimum absolute atomic E-state index is 0.111. The summed E-state index contributed by atoms with van der Waals surface area (Å²) in [7, 11) is 0. The fourth-order valence-corrected chi connectivity index (χ4v) is 4.80. The quantitative estimate of drug-likeness (QED) is 0.824. The van der Waals surface area contributed by atoms with Gasteiger partial charge in [-0.1, -0.05) is 18.2 Å². The number of hydrogen-bond acceptors (Lipinski definition) is 7. The summed E-state index contributed by atoms with van der Waals surface area (Å²) in [6.45, 7) is 6.65. The van der Waals surface area contributed by atoms with Crippen LogP contribution < -0.4 is 10.5 Å². The number of para-hydroxylation sites is 1. The Labute approximate surface area is 169 Å². The Kier molecular flexibility index (Phi) is 6.24. The Morgan fingerprint density at radius 1 is 0.929 bits per heavy atom. The van der Waals surface area contributed by atoms with E-state index in [0.29, 0.717) is 24.2 Å². The van der Waals surface area contributed by atoms with Crippen LogP contribution in [0.5, 0.6) is 5.75 Å². The van der Waals surface area contributed by atoms with Gasteiger partial charge in [0.15, 0.2) is 0 Å². The number of rotatable bonds is 5. The molecular weight excluding hydrogens is 374 g/mol. The van der Waals surface area contributed by atoms with Gasteiger partial charge in [-0.15, -0.1) is 0 Å². The fraction of sp³-hybridized carbons (Fsp3) is 0.476. The van der Waals surface area contributed by atoms with Crippen molar-refractivity contribution in [1.82, 2.24) is 9.80 Å². The van der Waals surface area contributed by atoms with Gasteiger partial charge in [-0.25, -0.2) is 4.79 Å². The number of nitrogens with zero attached hydrogens (tertiary/aromatic N) is 3. The van der Waals surface area contributed by atoms with Crippen molar-refractivity contribution in [3.63, 3.8) is 0 Å². The molecule has 3 heterocycles. The van der Waals surface area contributed by atoms with Crippen molar-refractivity contribution in [3.05, 3.63) is 58.1 Å². The van der Waals surface area contributed by atoms with Crippen molar-refractivity contribution in [2.75, 3.05) is 55.7 Å². The maximum Gasteiger partial charge on any atom is 0.343 e. The summed E-state index contributed by atoms with van der Waals surface area (Å²) < 4.78 is 5.26. The molecule has 2 fully saturated rings. The maximum atomic E-state index is 12.2. The Hall–Kier alpha value is -1.96. The van der Waals surface area contributed by atoms with E-state index >= 15 is 0 Å². The van der Waals surface area contributed by atoms with Crippen molar-refractivity contribution in [2.24, 2.45) is 0 Å². The lowest BCUT2D eigenvalue weighted by Gasteiger charge is -2.36. The lowest BCUT2D eigenvalue weighted by atomic mass is 10.1. The van der Waals surface area contributed by atoms with E-state index < -0.39 is 5.63 Å².